The van der Waals surface area contributed by atoms with Gasteiger partial charge in [-0.1, -0.05) is 30.3 Å². The molecule has 1 fully saturated rings. The van der Waals surface area contributed by atoms with Crippen LogP contribution in [0.15, 0.2) is 30.3 Å². The Bertz CT molecular complexity index is 796. The van der Waals surface area contributed by atoms with Crippen LogP contribution in [0, 0.1) is 5.92 Å². The number of hydrogen-bond donors (Lipinski definition) is 0. The van der Waals surface area contributed by atoms with Crippen molar-refractivity contribution in [3.8, 4) is 0 Å². The molecule has 3 rings (SSSR count). The van der Waals surface area contributed by atoms with Gasteiger partial charge in [0.05, 0.1) is 19.1 Å². The minimum Gasteiger partial charge on any atom is -0.466 e. The fraction of sp³-hybridized carbons (Fsp3) is 0.500. The molecule has 1 atom stereocenters. The number of carbonyl (C=O) groups excluding carboxylic acids is 2. The summed E-state index contributed by atoms with van der Waals surface area (Å²) in [5.74, 6) is 0.326. The van der Waals surface area contributed by atoms with Gasteiger partial charge in [-0.15, -0.1) is 0 Å². The van der Waals surface area contributed by atoms with Crippen LogP contribution in [-0.2, 0) is 20.7 Å². The minimum absolute atomic E-state index is 0.00342. The highest BCUT2D eigenvalue weighted by atomic mass is 32.1. The second-order valence-corrected chi connectivity index (χ2v) is 7.67. The summed E-state index contributed by atoms with van der Waals surface area (Å²) in [5.41, 5.74) is 1.16. The van der Waals surface area contributed by atoms with E-state index in [4.69, 9.17) is 4.74 Å². The van der Waals surface area contributed by atoms with Crippen molar-refractivity contribution < 1.29 is 14.3 Å². The quantitative estimate of drug-likeness (QED) is 0.662. The first kappa shape index (κ1) is 20.3. The molecule has 1 aliphatic heterocycles. The van der Waals surface area contributed by atoms with Crippen LogP contribution in [0.3, 0.4) is 0 Å². The molecule has 0 radical (unpaired) electrons. The molecule has 1 amide bonds. The van der Waals surface area contributed by atoms with Crippen molar-refractivity contribution in [3.05, 3.63) is 41.7 Å². The number of esters is 1. The summed E-state index contributed by atoms with van der Waals surface area (Å²) in [6, 6.07) is 10.1. The topological polar surface area (TPSA) is 75.6 Å². The van der Waals surface area contributed by atoms with E-state index < -0.39 is 0 Å². The van der Waals surface area contributed by atoms with Crippen LogP contribution in [0.2, 0.25) is 0 Å². The van der Waals surface area contributed by atoms with Crippen molar-refractivity contribution in [1.82, 2.24) is 14.3 Å². The Kier molecular flexibility index (Phi) is 6.97. The second-order valence-electron chi connectivity index (χ2n) is 6.94. The SMILES string of the molecule is CCOC(=O)[C@H]1CCCN(C(=O)CN(C)c2nc(Cc3ccccc3)ns2)C1. The van der Waals surface area contributed by atoms with E-state index in [2.05, 4.69) is 9.36 Å². The molecule has 1 saturated heterocycles. The maximum absolute atomic E-state index is 12.7. The third kappa shape index (κ3) is 5.28. The van der Waals surface area contributed by atoms with Gasteiger partial charge in [0.2, 0.25) is 11.0 Å². The van der Waals surface area contributed by atoms with Gasteiger partial charge in [0.1, 0.15) is 5.82 Å². The minimum atomic E-state index is -0.220. The Morgan fingerprint density at radius 2 is 2.11 bits per heavy atom. The van der Waals surface area contributed by atoms with E-state index in [0.29, 0.717) is 26.1 Å². The van der Waals surface area contributed by atoms with Gasteiger partial charge in [0, 0.05) is 38.1 Å². The summed E-state index contributed by atoms with van der Waals surface area (Å²) in [4.78, 5) is 32.8. The van der Waals surface area contributed by atoms with Gasteiger partial charge in [-0.3, -0.25) is 9.59 Å². The van der Waals surface area contributed by atoms with Crippen LogP contribution in [0.1, 0.15) is 31.2 Å². The molecule has 0 N–H and O–H groups in total. The summed E-state index contributed by atoms with van der Waals surface area (Å²) in [5, 5.41) is 0.721. The molecular formula is C20H26N4O3S. The van der Waals surface area contributed by atoms with Crippen LogP contribution in [0.4, 0.5) is 5.13 Å². The number of benzene rings is 1. The van der Waals surface area contributed by atoms with Gasteiger partial charge in [-0.2, -0.15) is 4.37 Å². The molecule has 2 heterocycles. The second kappa shape index (κ2) is 9.64. The third-order valence-corrected chi connectivity index (χ3v) is 5.62. The number of ether oxygens (including phenoxy) is 1. The van der Waals surface area contributed by atoms with Gasteiger partial charge in [0.15, 0.2) is 0 Å². The Morgan fingerprint density at radius 1 is 1.32 bits per heavy atom. The van der Waals surface area contributed by atoms with Crippen LogP contribution in [-0.4, -0.2) is 59.4 Å². The summed E-state index contributed by atoms with van der Waals surface area (Å²) in [6.07, 6.45) is 2.27. The van der Waals surface area contributed by atoms with Gasteiger partial charge in [0.25, 0.3) is 0 Å². The molecule has 0 saturated carbocycles. The maximum Gasteiger partial charge on any atom is 0.310 e. The van der Waals surface area contributed by atoms with Gasteiger partial charge in [-0.05, 0) is 25.3 Å². The van der Waals surface area contributed by atoms with Crippen molar-refractivity contribution in [2.24, 2.45) is 5.92 Å². The summed E-state index contributed by atoms with van der Waals surface area (Å²) in [7, 11) is 1.84. The molecule has 150 valence electrons. The zero-order valence-corrected chi connectivity index (χ0v) is 17.2. The predicted molar refractivity (Wildman–Crippen MR) is 108 cm³/mol. The highest BCUT2D eigenvalue weighted by molar-refractivity contribution is 7.09. The average Bonchev–Trinajstić information content (AvgIpc) is 3.17. The van der Waals surface area contributed by atoms with Gasteiger partial charge < -0.3 is 14.5 Å². The van der Waals surface area contributed by atoms with E-state index >= 15 is 0 Å². The molecule has 2 aromatic rings. The van der Waals surface area contributed by atoms with Crippen molar-refractivity contribution in [2.75, 3.05) is 38.2 Å². The average molecular weight is 403 g/mol. The molecule has 0 unspecified atom stereocenters. The fourth-order valence-electron chi connectivity index (χ4n) is 3.28. The number of aromatic nitrogens is 2. The first-order valence-electron chi connectivity index (χ1n) is 9.59. The lowest BCUT2D eigenvalue weighted by atomic mass is 9.98. The Labute approximate surface area is 169 Å². The van der Waals surface area contributed by atoms with E-state index in [-0.39, 0.29) is 24.3 Å². The number of nitrogens with zero attached hydrogens (tertiary/aromatic N) is 4. The van der Waals surface area contributed by atoms with E-state index in [1.54, 1.807) is 11.8 Å². The van der Waals surface area contributed by atoms with Crippen LogP contribution in [0.25, 0.3) is 0 Å². The Hall–Kier alpha value is -2.48. The standard InChI is InChI=1S/C20H26N4O3S/c1-3-27-19(26)16-10-7-11-24(13-16)18(25)14-23(2)20-21-17(22-28-20)12-15-8-5-4-6-9-15/h4-6,8-9,16H,3,7,10-14H2,1-2H3/t16-/m0/s1. The van der Waals surface area contributed by atoms with E-state index in [1.807, 2.05) is 42.3 Å². The molecule has 0 bridgehead atoms. The zero-order valence-electron chi connectivity index (χ0n) is 16.3. The molecule has 1 aliphatic rings. The first-order chi connectivity index (χ1) is 13.6. The van der Waals surface area contributed by atoms with E-state index in [9.17, 15) is 9.59 Å². The Morgan fingerprint density at radius 3 is 2.86 bits per heavy atom. The monoisotopic (exact) mass is 402 g/mol. The number of amides is 1. The van der Waals surface area contributed by atoms with Crippen LogP contribution >= 0.6 is 11.5 Å². The first-order valence-corrected chi connectivity index (χ1v) is 10.4. The summed E-state index contributed by atoms with van der Waals surface area (Å²) in [6.45, 7) is 3.50. The summed E-state index contributed by atoms with van der Waals surface area (Å²) < 4.78 is 9.52. The number of rotatable bonds is 7. The van der Waals surface area contributed by atoms with E-state index in [1.165, 1.54) is 11.5 Å². The number of hydrogen-bond acceptors (Lipinski definition) is 7. The number of likely N-dealkylation sites (tertiary alicyclic amines) is 1. The highest BCUT2D eigenvalue weighted by Crippen LogP contribution is 2.20. The molecule has 1 aromatic heterocycles. The van der Waals surface area contributed by atoms with Crippen LogP contribution < -0.4 is 4.90 Å². The third-order valence-electron chi connectivity index (χ3n) is 4.76. The lowest BCUT2D eigenvalue weighted by Gasteiger charge is -2.32. The molecule has 0 spiro atoms. The van der Waals surface area contributed by atoms with Gasteiger partial charge >= 0.3 is 5.97 Å². The predicted octanol–water partition coefficient (Wildman–Crippen LogP) is 2.37. The number of anilines is 1. The molecule has 8 heteroatoms. The molecule has 7 nitrogen and oxygen atoms in total. The van der Waals surface area contributed by atoms with E-state index in [0.717, 1.165) is 29.4 Å². The molecule has 0 aliphatic carbocycles. The molecule has 28 heavy (non-hydrogen) atoms. The Balaban J connectivity index is 1.54. The van der Waals surface area contributed by atoms with Crippen molar-refractivity contribution >= 4 is 28.5 Å². The smallest absolute Gasteiger partial charge is 0.310 e. The lowest BCUT2D eigenvalue weighted by molar-refractivity contribution is -0.151. The number of carbonyl (C=O) groups is 2. The van der Waals surface area contributed by atoms with Crippen molar-refractivity contribution in [1.29, 1.82) is 0 Å². The fourth-order valence-corrected chi connectivity index (χ4v) is 3.92. The lowest BCUT2D eigenvalue weighted by Crippen LogP contribution is -2.46. The normalized spacial score (nSPS) is 16.6. The van der Waals surface area contributed by atoms with Crippen LogP contribution in [0.5, 0.6) is 0 Å². The highest BCUT2D eigenvalue weighted by Gasteiger charge is 2.29. The number of likely N-dealkylation sites (N-methyl/N-ethyl adjacent to an activating group) is 1. The maximum atomic E-state index is 12.7. The summed E-state index contributed by atoms with van der Waals surface area (Å²) >= 11 is 1.30. The van der Waals surface area contributed by atoms with Gasteiger partial charge in [-0.25, -0.2) is 4.98 Å². The largest absolute Gasteiger partial charge is 0.466 e. The zero-order chi connectivity index (χ0) is 19.9. The molecule has 1 aromatic carbocycles. The van der Waals surface area contributed by atoms with Crippen molar-refractivity contribution in [3.63, 3.8) is 0 Å². The number of piperidine rings is 1. The van der Waals surface area contributed by atoms with Crippen molar-refractivity contribution in [2.45, 2.75) is 26.2 Å². The molecular weight excluding hydrogens is 376 g/mol.